The zero-order valence-corrected chi connectivity index (χ0v) is 11.6. The zero-order valence-electron chi connectivity index (χ0n) is 11.6. The lowest BCUT2D eigenvalue weighted by atomic mass is 10.1. The maximum atomic E-state index is 11.5. The highest BCUT2D eigenvalue weighted by molar-refractivity contribution is 5.89. The summed E-state index contributed by atoms with van der Waals surface area (Å²) in [5.74, 6) is 1.19. The Morgan fingerprint density at radius 1 is 1.44 bits per heavy atom. The lowest BCUT2D eigenvalue weighted by Crippen LogP contribution is -2.24. The Morgan fingerprint density at radius 2 is 2.17 bits per heavy atom. The Labute approximate surface area is 109 Å². The molecule has 1 rings (SSSR count). The first kappa shape index (κ1) is 14.5. The van der Waals surface area contributed by atoms with Crippen LogP contribution in [0.4, 0.5) is 5.82 Å². The van der Waals surface area contributed by atoms with Crippen LogP contribution in [0.3, 0.4) is 0 Å². The van der Waals surface area contributed by atoms with Crippen molar-refractivity contribution in [2.45, 2.75) is 27.2 Å². The van der Waals surface area contributed by atoms with Crippen LogP contribution in [0.15, 0.2) is 18.3 Å². The molecule has 1 unspecified atom stereocenters. The monoisotopic (exact) mass is 250 g/mol. The van der Waals surface area contributed by atoms with Crippen LogP contribution in [0.1, 0.15) is 37.6 Å². The van der Waals surface area contributed by atoms with Crippen LogP contribution < -0.4 is 4.90 Å². The number of pyridine rings is 1. The Hall–Kier alpha value is -1.58. The molecule has 1 heterocycles. The van der Waals surface area contributed by atoms with Crippen LogP contribution in [-0.4, -0.2) is 31.2 Å². The normalized spacial score (nSPS) is 12.0. The predicted octanol–water partition coefficient (Wildman–Crippen LogP) is 2.74. The molecule has 0 spiro atoms. The second-order valence-electron chi connectivity index (χ2n) is 4.52. The van der Waals surface area contributed by atoms with Crippen molar-refractivity contribution in [3.8, 4) is 0 Å². The summed E-state index contributed by atoms with van der Waals surface area (Å²) in [6, 6.07) is 3.61. The van der Waals surface area contributed by atoms with Gasteiger partial charge < -0.3 is 9.64 Å². The van der Waals surface area contributed by atoms with E-state index in [-0.39, 0.29) is 5.97 Å². The van der Waals surface area contributed by atoms with Crippen LogP contribution in [0.25, 0.3) is 0 Å². The number of nitrogens with zero attached hydrogens (tertiary/aromatic N) is 2. The maximum absolute atomic E-state index is 11.5. The van der Waals surface area contributed by atoms with Gasteiger partial charge >= 0.3 is 5.97 Å². The molecule has 0 saturated carbocycles. The molecule has 0 radical (unpaired) electrons. The third-order valence-corrected chi connectivity index (χ3v) is 2.93. The molecule has 0 aliphatic heterocycles. The van der Waals surface area contributed by atoms with Gasteiger partial charge in [0.25, 0.3) is 0 Å². The van der Waals surface area contributed by atoms with Crippen LogP contribution in [0.2, 0.25) is 0 Å². The van der Waals surface area contributed by atoms with Gasteiger partial charge in [-0.25, -0.2) is 9.78 Å². The first-order valence-electron chi connectivity index (χ1n) is 6.42. The second-order valence-corrected chi connectivity index (χ2v) is 4.52. The number of hydrogen-bond donors (Lipinski definition) is 0. The topological polar surface area (TPSA) is 42.4 Å². The van der Waals surface area contributed by atoms with Gasteiger partial charge in [0.05, 0.1) is 12.2 Å². The predicted molar refractivity (Wildman–Crippen MR) is 72.9 cm³/mol. The Bertz CT molecular complexity index is 376. The Morgan fingerprint density at radius 3 is 2.67 bits per heavy atom. The molecule has 1 atom stereocenters. The molecule has 1 aromatic heterocycles. The van der Waals surface area contributed by atoms with Gasteiger partial charge in [-0.2, -0.15) is 0 Å². The second kappa shape index (κ2) is 6.99. The van der Waals surface area contributed by atoms with Gasteiger partial charge in [0, 0.05) is 19.8 Å². The lowest BCUT2D eigenvalue weighted by molar-refractivity contribution is 0.0526. The fourth-order valence-corrected chi connectivity index (χ4v) is 1.64. The van der Waals surface area contributed by atoms with E-state index in [9.17, 15) is 4.79 Å². The van der Waals surface area contributed by atoms with Gasteiger partial charge in [-0.1, -0.05) is 20.3 Å². The first-order valence-corrected chi connectivity index (χ1v) is 6.42. The van der Waals surface area contributed by atoms with E-state index in [0.29, 0.717) is 18.1 Å². The third kappa shape index (κ3) is 4.02. The summed E-state index contributed by atoms with van der Waals surface area (Å²) >= 11 is 0. The van der Waals surface area contributed by atoms with Gasteiger partial charge in [0.1, 0.15) is 5.82 Å². The summed E-state index contributed by atoms with van der Waals surface area (Å²) in [5, 5.41) is 0. The molecule has 0 bridgehead atoms. The summed E-state index contributed by atoms with van der Waals surface area (Å²) in [5.41, 5.74) is 0.498. The van der Waals surface area contributed by atoms with Crippen molar-refractivity contribution in [3.63, 3.8) is 0 Å². The van der Waals surface area contributed by atoms with E-state index in [2.05, 4.69) is 23.7 Å². The highest BCUT2D eigenvalue weighted by atomic mass is 16.5. The molecular weight excluding hydrogens is 228 g/mol. The lowest BCUT2D eigenvalue weighted by Gasteiger charge is -2.21. The number of hydrogen-bond acceptors (Lipinski definition) is 4. The molecule has 0 aliphatic carbocycles. The molecule has 0 aliphatic rings. The number of aromatic nitrogens is 1. The largest absolute Gasteiger partial charge is 0.462 e. The number of anilines is 1. The number of carbonyl (C=O) groups excluding carboxylic acids is 1. The van der Waals surface area contributed by atoms with Crippen molar-refractivity contribution in [3.05, 3.63) is 23.9 Å². The van der Waals surface area contributed by atoms with Gasteiger partial charge in [0.2, 0.25) is 0 Å². The highest BCUT2D eigenvalue weighted by Gasteiger charge is 2.09. The fourth-order valence-electron chi connectivity index (χ4n) is 1.64. The minimum atomic E-state index is -0.318. The molecule has 18 heavy (non-hydrogen) atoms. The molecule has 0 saturated heterocycles. The highest BCUT2D eigenvalue weighted by Crippen LogP contribution is 2.13. The summed E-state index contributed by atoms with van der Waals surface area (Å²) in [6.45, 7) is 7.52. The van der Waals surface area contributed by atoms with Gasteiger partial charge in [-0.05, 0) is 25.0 Å². The van der Waals surface area contributed by atoms with E-state index in [1.54, 1.807) is 19.2 Å². The number of rotatable bonds is 6. The molecule has 0 N–H and O–H groups in total. The minimum Gasteiger partial charge on any atom is -0.462 e. The summed E-state index contributed by atoms with van der Waals surface area (Å²) < 4.78 is 4.92. The van der Waals surface area contributed by atoms with Gasteiger partial charge in [-0.15, -0.1) is 0 Å². The molecule has 100 valence electrons. The number of esters is 1. The van der Waals surface area contributed by atoms with Gasteiger partial charge in [-0.3, -0.25) is 0 Å². The van der Waals surface area contributed by atoms with Crippen LogP contribution in [0.5, 0.6) is 0 Å². The van der Waals surface area contributed by atoms with E-state index in [1.165, 1.54) is 0 Å². The smallest absolute Gasteiger partial charge is 0.339 e. The van der Waals surface area contributed by atoms with Crippen molar-refractivity contribution in [2.75, 3.05) is 25.1 Å². The van der Waals surface area contributed by atoms with Crippen molar-refractivity contribution in [2.24, 2.45) is 5.92 Å². The van der Waals surface area contributed by atoms with E-state index < -0.39 is 0 Å². The van der Waals surface area contributed by atoms with Crippen molar-refractivity contribution in [1.29, 1.82) is 0 Å². The van der Waals surface area contributed by atoms with Crippen LogP contribution in [-0.2, 0) is 4.74 Å². The van der Waals surface area contributed by atoms with Crippen LogP contribution in [0, 0.1) is 5.92 Å². The fraction of sp³-hybridized carbons (Fsp3) is 0.571. The summed E-state index contributed by atoms with van der Waals surface area (Å²) in [7, 11) is 2.01. The van der Waals surface area contributed by atoms with E-state index in [0.717, 1.165) is 18.8 Å². The first-order chi connectivity index (χ1) is 8.58. The Kier molecular flexibility index (Phi) is 5.62. The van der Waals surface area contributed by atoms with Crippen molar-refractivity contribution >= 4 is 11.8 Å². The van der Waals surface area contributed by atoms with Gasteiger partial charge in [0.15, 0.2) is 0 Å². The number of ether oxygens (including phenoxy) is 1. The Balaban J connectivity index is 2.67. The molecular formula is C14H22N2O2. The van der Waals surface area contributed by atoms with E-state index >= 15 is 0 Å². The zero-order chi connectivity index (χ0) is 13.5. The molecule has 0 aromatic carbocycles. The third-order valence-electron chi connectivity index (χ3n) is 2.93. The maximum Gasteiger partial charge on any atom is 0.339 e. The summed E-state index contributed by atoms with van der Waals surface area (Å²) in [6.07, 6.45) is 2.71. The van der Waals surface area contributed by atoms with Crippen molar-refractivity contribution < 1.29 is 9.53 Å². The standard InChI is InChI=1S/C14H22N2O2/c1-5-11(3)10-16(4)13-8-7-12(9-15-13)14(17)18-6-2/h7-9,11H,5-6,10H2,1-4H3. The quantitative estimate of drug-likeness (QED) is 0.728. The average molecular weight is 250 g/mol. The van der Waals surface area contributed by atoms with E-state index in [1.807, 2.05) is 13.1 Å². The van der Waals surface area contributed by atoms with Crippen molar-refractivity contribution in [1.82, 2.24) is 4.98 Å². The molecule has 4 nitrogen and oxygen atoms in total. The van der Waals surface area contributed by atoms with Crippen LogP contribution >= 0.6 is 0 Å². The van der Waals surface area contributed by atoms with E-state index in [4.69, 9.17) is 4.74 Å². The number of carbonyl (C=O) groups is 1. The molecule has 0 amide bonds. The molecule has 1 aromatic rings. The SMILES string of the molecule is CCOC(=O)c1ccc(N(C)CC(C)CC)nc1. The summed E-state index contributed by atoms with van der Waals surface area (Å²) in [4.78, 5) is 17.9. The average Bonchev–Trinajstić information content (AvgIpc) is 2.39. The molecule has 4 heteroatoms. The molecule has 0 fully saturated rings. The minimum absolute atomic E-state index is 0.318.